The number of nitrogens with zero attached hydrogens (tertiary/aromatic N) is 2. The van der Waals surface area contributed by atoms with Gasteiger partial charge in [-0.1, -0.05) is 48.9 Å². The lowest BCUT2D eigenvalue weighted by Crippen LogP contribution is -2.39. The van der Waals surface area contributed by atoms with Crippen LogP contribution in [0.5, 0.6) is 0 Å². The number of thiazole rings is 1. The number of piperidine rings is 1. The summed E-state index contributed by atoms with van der Waals surface area (Å²) in [7, 11) is -3.27. The summed E-state index contributed by atoms with van der Waals surface area (Å²) in [6.07, 6.45) is 3.17. The van der Waals surface area contributed by atoms with E-state index in [-0.39, 0.29) is 5.25 Å². The van der Waals surface area contributed by atoms with E-state index in [0.717, 1.165) is 42.3 Å². The van der Waals surface area contributed by atoms with Crippen LogP contribution in [0, 0.1) is 6.92 Å². The first-order chi connectivity index (χ1) is 14.5. The number of anilines is 1. The molecule has 6 heteroatoms. The van der Waals surface area contributed by atoms with Crippen molar-refractivity contribution in [3.05, 3.63) is 76.3 Å². The Balaban J connectivity index is 1.38. The monoisotopic (exact) mass is 440 g/mol. The van der Waals surface area contributed by atoms with E-state index in [0.29, 0.717) is 17.7 Å². The quantitative estimate of drug-likeness (QED) is 0.538. The summed E-state index contributed by atoms with van der Waals surface area (Å²) >= 11 is 1.66. The summed E-state index contributed by atoms with van der Waals surface area (Å²) in [6.45, 7) is 5.59. The van der Waals surface area contributed by atoms with Gasteiger partial charge in [-0.2, -0.15) is 0 Å². The molecule has 2 heterocycles. The minimum atomic E-state index is -3.27. The maximum atomic E-state index is 13.0. The molecule has 4 nitrogen and oxygen atoms in total. The molecule has 0 amide bonds. The van der Waals surface area contributed by atoms with E-state index < -0.39 is 9.84 Å². The number of benzene rings is 2. The molecule has 0 atom stereocenters. The zero-order chi connectivity index (χ0) is 21.1. The number of aryl methyl sites for hydroxylation is 2. The highest BCUT2D eigenvalue weighted by molar-refractivity contribution is 7.92. The molecule has 1 fully saturated rings. The molecule has 1 aromatic heterocycles. The maximum absolute atomic E-state index is 13.0. The molecular formula is C24H28N2O2S2. The Morgan fingerprint density at radius 2 is 1.63 bits per heavy atom. The predicted octanol–water partition coefficient (Wildman–Crippen LogP) is 5.05. The first-order valence-corrected chi connectivity index (χ1v) is 13.0. The van der Waals surface area contributed by atoms with Crippen LogP contribution in [-0.4, -0.2) is 31.7 Å². The van der Waals surface area contributed by atoms with Crippen molar-refractivity contribution in [2.75, 3.05) is 18.0 Å². The molecule has 0 aliphatic carbocycles. The number of rotatable bonds is 6. The van der Waals surface area contributed by atoms with Crippen LogP contribution in [0.4, 0.5) is 5.13 Å². The molecule has 0 unspecified atom stereocenters. The van der Waals surface area contributed by atoms with Crippen LogP contribution < -0.4 is 4.90 Å². The highest BCUT2D eigenvalue weighted by Crippen LogP contribution is 2.29. The highest BCUT2D eigenvalue weighted by Gasteiger charge is 2.32. The maximum Gasteiger partial charge on any atom is 0.185 e. The van der Waals surface area contributed by atoms with E-state index in [4.69, 9.17) is 4.98 Å². The summed E-state index contributed by atoms with van der Waals surface area (Å²) in [6, 6.07) is 15.9. The average Bonchev–Trinajstić information content (AvgIpc) is 3.23. The summed E-state index contributed by atoms with van der Waals surface area (Å²) in [4.78, 5) is 7.50. The van der Waals surface area contributed by atoms with E-state index in [9.17, 15) is 8.42 Å². The molecule has 0 bridgehead atoms. The van der Waals surface area contributed by atoms with Gasteiger partial charge in [-0.15, -0.1) is 11.3 Å². The second kappa shape index (κ2) is 8.90. The van der Waals surface area contributed by atoms with Crippen molar-refractivity contribution in [1.29, 1.82) is 0 Å². The van der Waals surface area contributed by atoms with Crippen molar-refractivity contribution in [1.82, 2.24) is 4.98 Å². The predicted molar refractivity (Wildman–Crippen MR) is 124 cm³/mol. The van der Waals surface area contributed by atoms with Crippen LogP contribution in [0.25, 0.3) is 0 Å². The Morgan fingerprint density at radius 3 is 2.27 bits per heavy atom. The van der Waals surface area contributed by atoms with Gasteiger partial charge in [0, 0.05) is 24.9 Å². The SMILES string of the molecule is CCc1ccc(Cc2csc(N3CCC(S(=O)(=O)c4ccc(C)cc4)CC3)n2)cc1. The molecule has 2 aromatic carbocycles. The molecule has 1 aliphatic heterocycles. The largest absolute Gasteiger partial charge is 0.348 e. The van der Waals surface area contributed by atoms with Crippen LogP contribution in [0.1, 0.15) is 42.1 Å². The molecule has 1 aliphatic rings. The third-order valence-corrected chi connectivity index (χ3v) is 9.09. The number of aromatic nitrogens is 1. The molecule has 3 aromatic rings. The van der Waals surface area contributed by atoms with Gasteiger partial charge in [-0.05, 0) is 49.4 Å². The van der Waals surface area contributed by atoms with Gasteiger partial charge >= 0.3 is 0 Å². The van der Waals surface area contributed by atoms with Gasteiger partial charge in [0.05, 0.1) is 15.8 Å². The molecule has 0 saturated carbocycles. The minimum Gasteiger partial charge on any atom is -0.348 e. The minimum absolute atomic E-state index is 0.312. The Labute approximate surface area is 183 Å². The highest BCUT2D eigenvalue weighted by atomic mass is 32.2. The Hall–Kier alpha value is -2.18. The molecule has 4 rings (SSSR count). The Morgan fingerprint density at radius 1 is 1.00 bits per heavy atom. The van der Waals surface area contributed by atoms with Crippen molar-refractivity contribution in [3.8, 4) is 0 Å². The lowest BCUT2D eigenvalue weighted by atomic mass is 10.1. The van der Waals surface area contributed by atoms with Crippen molar-refractivity contribution in [2.24, 2.45) is 0 Å². The fourth-order valence-corrected chi connectivity index (χ4v) is 6.51. The molecule has 0 radical (unpaired) electrons. The smallest absolute Gasteiger partial charge is 0.185 e. The van der Waals surface area contributed by atoms with E-state index in [1.807, 2.05) is 19.1 Å². The van der Waals surface area contributed by atoms with E-state index >= 15 is 0 Å². The summed E-state index contributed by atoms with van der Waals surface area (Å²) in [5, 5.41) is 2.81. The first-order valence-electron chi connectivity index (χ1n) is 10.5. The molecule has 158 valence electrons. The van der Waals surface area contributed by atoms with Gasteiger partial charge < -0.3 is 4.90 Å². The molecule has 0 spiro atoms. The lowest BCUT2D eigenvalue weighted by molar-refractivity contribution is 0.529. The molecule has 1 saturated heterocycles. The van der Waals surface area contributed by atoms with Crippen molar-refractivity contribution in [2.45, 2.75) is 49.7 Å². The third kappa shape index (κ3) is 4.60. The second-order valence-corrected chi connectivity index (χ2v) is 11.1. The van der Waals surface area contributed by atoms with Crippen molar-refractivity contribution < 1.29 is 8.42 Å². The number of hydrogen-bond donors (Lipinski definition) is 0. The zero-order valence-corrected chi connectivity index (χ0v) is 19.2. The van der Waals surface area contributed by atoms with Crippen LogP contribution in [-0.2, 0) is 22.7 Å². The van der Waals surface area contributed by atoms with E-state index in [1.54, 1.807) is 23.5 Å². The lowest BCUT2D eigenvalue weighted by Gasteiger charge is -2.31. The van der Waals surface area contributed by atoms with Crippen LogP contribution >= 0.6 is 11.3 Å². The first kappa shape index (κ1) is 21.1. The molecule has 30 heavy (non-hydrogen) atoms. The van der Waals surface area contributed by atoms with Crippen molar-refractivity contribution >= 4 is 26.3 Å². The Kier molecular flexibility index (Phi) is 6.25. The number of hydrogen-bond acceptors (Lipinski definition) is 5. The van der Waals surface area contributed by atoms with E-state index in [1.165, 1.54) is 11.1 Å². The average molecular weight is 441 g/mol. The van der Waals surface area contributed by atoms with E-state index in [2.05, 4.69) is 41.5 Å². The molecule has 0 N–H and O–H groups in total. The van der Waals surface area contributed by atoms with Gasteiger partial charge in [-0.25, -0.2) is 13.4 Å². The van der Waals surface area contributed by atoms with Crippen LogP contribution in [0.2, 0.25) is 0 Å². The summed E-state index contributed by atoms with van der Waals surface area (Å²) < 4.78 is 25.9. The normalized spacial score (nSPS) is 15.5. The standard InChI is InChI=1S/C24H28N2O2S2/c1-3-19-6-8-20(9-7-19)16-21-17-29-24(25-21)26-14-12-23(13-15-26)30(27,28)22-10-4-18(2)5-11-22/h4-11,17,23H,3,12-16H2,1-2H3. The third-order valence-electron chi connectivity index (χ3n) is 5.86. The second-order valence-electron chi connectivity index (χ2n) is 8.01. The zero-order valence-electron chi connectivity index (χ0n) is 17.5. The van der Waals surface area contributed by atoms with Gasteiger partial charge in [0.25, 0.3) is 0 Å². The summed E-state index contributed by atoms with van der Waals surface area (Å²) in [5.74, 6) is 0. The van der Waals surface area contributed by atoms with Gasteiger partial charge in [0.2, 0.25) is 0 Å². The topological polar surface area (TPSA) is 50.3 Å². The van der Waals surface area contributed by atoms with Gasteiger partial charge in [-0.3, -0.25) is 0 Å². The van der Waals surface area contributed by atoms with Gasteiger partial charge in [0.1, 0.15) is 0 Å². The number of sulfone groups is 1. The Bertz CT molecular complexity index is 1080. The fourth-order valence-electron chi connectivity index (χ4n) is 3.90. The summed E-state index contributed by atoms with van der Waals surface area (Å²) in [5.41, 5.74) is 4.77. The van der Waals surface area contributed by atoms with Gasteiger partial charge in [0.15, 0.2) is 15.0 Å². The van der Waals surface area contributed by atoms with Crippen LogP contribution in [0.3, 0.4) is 0 Å². The molecular weight excluding hydrogens is 412 g/mol. The fraction of sp³-hybridized carbons (Fsp3) is 0.375. The van der Waals surface area contributed by atoms with Crippen LogP contribution in [0.15, 0.2) is 58.8 Å². The van der Waals surface area contributed by atoms with Crippen molar-refractivity contribution in [3.63, 3.8) is 0 Å².